The lowest BCUT2D eigenvalue weighted by molar-refractivity contribution is 0.0734. The van der Waals surface area contributed by atoms with Crippen molar-refractivity contribution >= 4 is 21.7 Å². The minimum Gasteiger partial charge on any atom is -0.307 e. The summed E-state index contributed by atoms with van der Waals surface area (Å²) in [5, 5.41) is 2.94. The predicted octanol–water partition coefficient (Wildman–Crippen LogP) is 1.89. The number of fused-ring (bicyclic) bond motifs is 3. The van der Waals surface area contributed by atoms with Gasteiger partial charge in [-0.2, -0.15) is 0 Å². The highest BCUT2D eigenvalue weighted by Crippen LogP contribution is 2.38. The van der Waals surface area contributed by atoms with Crippen molar-refractivity contribution in [2.24, 2.45) is 0 Å². The Kier molecular flexibility index (Phi) is 5.27. The van der Waals surface area contributed by atoms with Crippen LogP contribution in [0.5, 0.6) is 0 Å². The zero-order chi connectivity index (χ0) is 20.9. The first-order chi connectivity index (χ1) is 14.4. The van der Waals surface area contributed by atoms with Gasteiger partial charge >= 0.3 is 6.03 Å². The molecule has 1 aromatic carbocycles. The van der Waals surface area contributed by atoms with E-state index in [2.05, 4.69) is 25.9 Å². The summed E-state index contributed by atoms with van der Waals surface area (Å²) in [5.74, 6) is -0.0386. The zero-order valence-electron chi connectivity index (χ0n) is 17.7. The van der Waals surface area contributed by atoms with Crippen LogP contribution in [0.4, 0.5) is 10.5 Å². The standard InChI is InChI=1S/C22H32N4O3S/c1-25-11-12-26-10-4-9-19(26)20(25)14-30(28,29)24-22(27)23-21-17-7-2-5-15(17)13-16-6-3-8-18(16)21/h13,19-20H,2-12,14H2,1H3,(H2,23,24,27)/t19-,20?/m1/s1. The lowest BCUT2D eigenvalue weighted by Gasteiger charge is -2.42. The second kappa shape index (κ2) is 7.80. The third-order valence-electron chi connectivity index (χ3n) is 7.51. The zero-order valence-corrected chi connectivity index (χ0v) is 18.6. The van der Waals surface area contributed by atoms with Gasteiger partial charge in [0.05, 0.1) is 5.75 Å². The number of likely N-dealkylation sites (N-methyl/N-ethyl adjacent to an activating group) is 1. The Morgan fingerprint density at radius 2 is 1.73 bits per heavy atom. The molecule has 8 heteroatoms. The van der Waals surface area contributed by atoms with Gasteiger partial charge in [0.2, 0.25) is 10.0 Å². The van der Waals surface area contributed by atoms with Crippen LogP contribution in [0.2, 0.25) is 0 Å². The Balaban J connectivity index is 1.30. The van der Waals surface area contributed by atoms with Crippen LogP contribution in [0, 0.1) is 0 Å². The third kappa shape index (κ3) is 3.74. The van der Waals surface area contributed by atoms with E-state index in [0.29, 0.717) is 0 Å². The molecular formula is C22H32N4O3S. The highest BCUT2D eigenvalue weighted by molar-refractivity contribution is 7.90. The number of piperazine rings is 1. The van der Waals surface area contributed by atoms with E-state index in [-0.39, 0.29) is 17.8 Å². The second-order valence-corrected chi connectivity index (χ2v) is 11.1. The number of amides is 2. The molecule has 2 atom stereocenters. The van der Waals surface area contributed by atoms with Crippen LogP contribution >= 0.6 is 0 Å². The molecule has 5 rings (SSSR count). The maximum atomic E-state index is 12.9. The van der Waals surface area contributed by atoms with Crippen LogP contribution in [0.1, 0.15) is 47.9 Å². The van der Waals surface area contributed by atoms with Crippen LogP contribution in [0.25, 0.3) is 0 Å². The van der Waals surface area contributed by atoms with Gasteiger partial charge in [0.15, 0.2) is 0 Å². The summed E-state index contributed by atoms with van der Waals surface area (Å²) in [6.07, 6.45) is 8.33. The minimum absolute atomic E-state index is 0.0386. The molecule has 2 saturated heterocycles. The lowest BCUT2D eigenvalue weighted by Crippen LogP contribution is -2.59. The van der Waals surface area contributed by atoms with E-state index in [9.17, 15) is 13.2 Å². The molecular weight excluding hydrogens is 400 g/mol. The number of anilines is 1. The summed E-state index contributed by atoms with van der Waals surface area (Å²) in [7, 11) is -1.74. The quantitative estimate of drug-likeness (QED) is 0.759. The molecule has 2 aliphatic carbocycles. The third-order valence-corrected chi connectivity index (χ3v) is 8.79. The van der Waals surface area contributed by atoms with E-state index in [1.54, 1.807) is 0 Å². The summed E-state index contributed by atoms with van der Waals surface area (Å²) in [6, 6.07) is 1.88. The van der Waals surface area contributed by atoms with E-state index in [4.69, 9.17) is 0 Å². The van der Waals surface area contributed by atoms with Gasteiger partial charge < -0.3 is 5.32 Å². The average Bonchev–Trinajstić information content (AvgIpc) is 3.42. The Morgan fingerprint density at radius 1 is 1.03 bits per heavy atom. The van der Waals surface area contributed by atoms with Crippen molar-refractivity contribution in [3.8, 4) is 0 Å². The van der Waals surface area contributed by atoms with E-state index in [1.807, 2.05) is 7.05 Å². The van der Waals surface area contributed by atoms with Crippen molar-refractivity contribution in [2.45, 2.75) is 63.5 Å². The summed E-state index contributed by atoms with van der Waals surface area (Å²) < 4.78 is 28.1. The Morgan fingerprint density at radius 3 is 2.43 bits per heavy atom. The Bertz CT molecular complexity index is 929. The number of hydrogen-bond acceptors (Lipinski definition) is 5. The van der Waals surface area contributed by atoms with Gasteiger partial charge in [-0.3, -0.25) is 9.80 Å². The minimum atomic E-state index is -3.73. The molecule has 0 bridgehead atoms. The summed E-state index contributed by atoms with van der Waals surface area (Å²) in [4.78, 5) is 17.3. The molecule has 164 valence electrons. The first-order valence-corrected chi connectivity index (χ1v) is 13.0. The molecule has 0 radical (unpaired) electrons. The number of nitrogens with zero attached hydrogens (tertiary/aromatic N) is 2. The normalized spacial score (nSPS) is 26.3. The van der Waals surface area contributed by atoms with Crippen LogP contribution in [0.15, 0.2) is 6.07 Å². The fourth-order valence-corrected chi connectivity index (χ4v) is 7.41. The molecule has 4 aliphatic rings. The number of benzene rings is 1. The first-order valence-electron chi connectivity index (χ1n) is 11.3. The van der Waals surface area contributed by atoms with E-state index in [0.717, 1.165) is 76.7 Å². The smallest absolute Gasteiger partial charge is 0.307 e. The molecule has 7 nitrogen and oxygen atoms in total. The first kappa shape index (κ1) is 20.3. The van der Waals surface area contributed by atoms with E-state index >= 15 is 0 Å². The molecule has 30 heavy (non-hydrogen) atoms. The second-order valence-electron chi connectivity index (χ2n) is 9.37. The van der Waals surface area contributed by atoms with Gasteiger partial charge in [-0.1, -0.05) is 6.07 Å². The summed E-state index contributed by atoms with van der Waals surface area (Å²) in [5.41, 5.74) is 5.92. The van der Waals surface area contributed by atoms with Crippen molar-refractivity contribution in [3.63, 3.8) is 0 Å². The van der Waals surface area contributed by atoms with Gasteiger partial charge in [0.1, 0.15) is 0 Å². The van der Waals surface area contributed by atoms with Crippen molar-refractivity contribution < 1.29 is 13.2 Å². The topological polar surface area (TPSA) is 81.8 Å². The van der Waals surface area contributed by atoms with Gasteiger partial charge in [0.25, 0.3) is 0 Å². The molecule has 2 amide bonds. The number of aryl methyl sites for hydroxylation is 2. The molecule has 0 aromatic heterocycles. The summed E-state index contributed by atoms with van der Waals surface area (Å²) in [6.45, 7) is 2.91. The van der Waals surface area contributed by atoms with E-state index < -0.39 is 16.1 Å². The number of sulfonamides is 1. The van der Waals surface area contributed by atoms with Gasteiger partial charge in [-0.15, -0.1) is 0 Å². The van der Waals surface area contributed by atoms with Crippen molar-refractivity contribution in [2.75, 3.05) is 37.8 Å². The highest BCUT2D eigenvalue weighted by atomic mass is 32.2. The highest BCUT2D eigenvalue weighted by Gasteiger charge is 2.40. The molecule has 2 aliphatic heterocycles. The molecule has 2 heterocycles. The van der Waals surface area contributed by atoms with E-state index in [1.165, 1.54) is 22.3 Å². The van der Waals surface area contributed by atoms with Gasteiger partial charge in [-0.25, -0.2) is 17.9 Å². The van der Waals surface area contributed by atoms with Crippen molar-refractivity contribution in [1.82, 2.24) is 14.5 Å². The van der Waals surface area contributed by atoms with Gasteiger partial charge in [-0.05, 0) is 87.2 Å². The molecule has 2 fully saturated rings. The SMILES string of the molecule is CN1CCN2CCC[C@@H]2C1CS(=O)(=O)NC(=O)Nc1c2c(cc3c1CCC3)CCC2. The fourth-order valence-electron chi connectivity index (χ4n) is 6.06. The predicted molar refractivity (Wildman–Crippen MR) is 117 cm³/mol. The van der Waals surface area contributed by atoms with Crippen LogP contribution in [-0.4, -0.2) is 68.8 Å². The van der Waals surface area contributed by atoms with Gasteiger partial charge in [0, 0.05) is 30.9 Å². The van der Waals surface area contributed by atoms with Crippen molar-refractivity contribution in [3.05, 3.63) is 28.3 Å². The van der Waals surface area contributed by atoms with Crippen LogP contribution in [-0.2, 0) is 35.7 Å². The number of carbonyl (C=O) groups excluding carboxylic acids is 1. The molecule has 1 aromatic rings. The maximum absolute atomic E-state index is 12.9. The number of hydrogen-bond donors (Lipinski definition) is 2. The monoisotopic (exact) mass is 432 g/mol. The average molecular weight is 433 g/mol. The molecule has 1 unspecified atom stereocenters. The fraction of sp³-hybridized carbons (Fsp3) is 0.682. The lowest BCUT2D eigenvalue weighted by atomic mass is 9.99. The summed E-state index contributed by atoms with van der Waals surface area (Å²) >= 11 is 0. The largest absolute Gasteiger partial charge is 0.332 e. The molecule has 0 saturated carbocycles. The van der Waals surface area contributed by atoms with Crippen LogP contribution in [0.3, 0.4) is 0 Å². The molecule has 0 spiro atoms. The maximum Gasteiger partial charge on any atom is 0.332 e. The number of nitrogens with one attached hydrogen (secondary N) is 2. The number of rotatable bonds is 4. The Hall–Kier alpha value is -1.64. The van der Waals surface area contributed by atoms with Crippen molar-refractivity contribution in [1.29, 1.82) is 0 Å². The Labute approximate surface area is 179 Å². The van der Waals surface area contributed by atoms with Crippen LogP contribution < -0.4 is 10.0 Å². The number of urea groups is 1. The molecule has 2 N–H and O–H groups in total. The number of carbonyl (C=O) groups is 1.